The molecule has 0 heterocycles. The number of aliphatic carboxylic acids is 1. The van der Waals surface area contributed by atoms with E-state index < -0.39 is 123 Å². The molecule has 0 aliphatic rings. The highest BCUT2D eigenvalue weighted by molar-refractivity contribution is 7.71. The molecular formula is C9H20NO30P9. The maximum atomic E-state index is 13.0. The molecule has 1 rings (SSSR count). The van der Waals surface area contributed by atoms with E-state index in [1.54, 1.807) is 0 Å². The Morgan fingerprint density at radius 2 is 0.816 bits per heavy atom. The number of nitrogens with zero attached hydrogens (tertiary/aromatic N) is 1. The molecule has 49 heavy (non-hydrogen) atoms. The third kappa shape index (κ3) is 9.68. The third-order valence-corrected chi connectivity index (χ3v) is 16.6. The van der Waals surface area contributed by atoms with Crippen molar-refractivity contribution < 1.29 is 144 Å². The topological polar surface area (TPSA) is 568 Å². The van der Waals surface area contributed by atoms with Crippen molar-refractivity contribution in [2.75, 3.05) is 0 Å². The van der Waals surface area contributed by atoms with Gasteiger partial charge in [0.05, 0.1) is 10.6 Å². The van der Waals surface area contributed by atoms with Crippen molar-refractivity contribution in [3.8, 4) is 5.75 Å². The van der Waals surface area contributed by atoms with Crippen molar-refractivity contribution >= 4 is 96.1 Å². The van der Waals surface area contributed by atoms with Crippen LogP contribution >= 0.6 is 68.9 Å². The number of rotatable bonds is 14. The molecule has 1 aromatic carbocycles. The molecule has 0 aromatic heterocycles. The van der Waals surface area contributed by atoms with Crippen LogP contribution in [0, 0.1) is 0 Å². The fourth-order valence-corrected chi connectivity index (χ4v) is 17.3. The predicted octanol–water partition coefficient (Wildman–Crippen LogP) is -5.97. The summed E-state index contributed by atoms with van der Waals surface area (Å²) < 4.78 is 114. The van der Waals surface area contributed by atoms with Gasteiger partial charge in [0, 0.05) is 5.56 Å². The standard InChI is InChI=1S/C9H20NO30P9/c11-8(12)9(46(28,29)30,10(47(31,32)33)48(34,35)36)7(45(25,26)27)1-3(41(13,14)15)5(43(19,20)21)2(40-49(37,38)39)6(44(22,23)24)4(1)42(16,17)18/h7H,(H,11,12)(H2,13,14,15)(H2,16,17,18)(H2,19,20,21)(H2,22,23,24)(H2,25,26,27)(H2,28,29,30)(H2,31,32,33)(H2,34,35,36)(H2,37,38,39). The Morgan fingerprint density at radius 3 is 0.980 bits per heavy atom. The fourth-order valence-electron chi connectivity index (χ4n) is 4.15. The van der Waals surface area contributed by atoms with Gasteiger partial charge in [-0.3, -0.25) is 37.2 Å². The Balaban J connectivity index is 5.75. The molecule has 0 radical (unpaired) electrons. The van der Waals surface area contributed by atoms with Crippen molar-refractivity contribution in [1.82, 2.24) is 4.44 Å². The van der Waals surface area contributed by atoms with Gasteiger partial charge in [0.2, 0.25) is 0 Å². The highest BCUT2D eigenvalue weighted by atomic mass is 31.3. The van der Waals surface area contributed by atoms with E-state index in [9.17, 15) is 139 Å². The molecule has 0 spiro atoms. The van der Waals surface area contributed by atoms with E-state index in [0.717, 1.165) is 0 Å². The van der Waals surface area contributed by atoms with E-state index in [1.807, 2.05) is 0 Å². The van der Waals surface area contributed by atoms with Crippen LogP contribution in [0.2, 0.25) is 0 Å². The van der Waals surface area contributed by atoms with E-state index in [-0.39, 0.29) is 0 Å². The van der Waals surface area contributed by atoms with Gasteiger partial charge in [-0.25, -0.2) is 18.5 Å². The Bertz CT molecular complexity index is 1890. The molecule has 286 valence electrons. The summed E-state index contributed by atoms with van der Waals surface area (Å²) in [7, 11) is -67.2. The molecule has 19 N–H and O–H groups in total. The van der Waals surface area contributed by atoms with Gasteiger partial charge < -0.3 is 87.9 Å². The smallest absolute Gasteiger partial charge is 0.479 e. The summed E-state index contributed by atoms with van der Waals surface area (Å²) in [6.07, 6.45) is 0. The first-order valence-electron chi connectivity index (χ1n) is 10.4. The second-order valence-electron chi connectivity index (χ2n) is 8.78. The van der Waals surface area contributed by atoms with Gasteiger partial charge in [-0.2, -0.15) is 0 Å². The largest absolute Gasteiger partial charge is 0.524 e. The predicted molar refractivity (Wildman–Crippen MR) is 149 cm³/mol. The summed E-state index contributed by atoms with van der Waals surface area (Å²) in [5.41, 5.74) is -8.88. The third-order valence-electron chi connectivity index (χ3n) is 5.31. The second-order valence-corrected chi connectivity index (χ2v) is 22.7. The monoisotopic (exact) mass is 901 g/mol. The minimum atomic E-state index is -8.03. The van der Waals surface area contributed by atoms with Crippen LogP contribution in [0.1, 0.15) is 11.2 Å². The Kier molecular flexibility index (Phi) is 13.0. The SMILES string of the molecule is O=C(O)C(C(c1c(P(=O)(O)O)c(P(=O)(O)O)c(OP(=O)(O)O)c(P(=O)(O)O)c1P(=O)(O)O)P(=O)(O)O)(N(P(=O)(O)O)P(=O)(O)O)P(=O)(O)O. The van der Waals surface area contributed by atoms with Gasteiger partial charge in [0.1, 0.15) is 16.3 Å². The van der Waals surface area contributed by atoms with Gasteiger partial charge in [-0.1, -0.05) is 4.44 Å². The fraction of sp³-hybridized carbons (Fsp3) is 0.222. The van der Waals surface area contributed by atoms with Crippen LogP contribution in [0.15, 0.2) is 0 Å². The van der Waals surface area contributed by atoms with E-state index in [1.165, 1.54) is 0 Å². The first-order valence-corrected chi connectivity index (χ1v) is 24.8. The summed E-state index contributed by atoms with van der Waals surface area (Å²) in [6, 6.07) is 0. The molecular weight excluding hydrogens is 881 g/mol. The lowest BCUT2D eigenvalue weighted by molar-refractivity contribution is -0.144. The van der Waals surface area contributed by atoms with E-state index >= 15 is 0 Å². The molecule has 0 amide bonds. The van der Waals surface area contributed by atoms with Crippen molar-refractivity contribution in [1.29, 1.82) is 0 Å². The molecule has 1 aromatic rings. The number of carbonyl (C=O) groups is 1. The van der Waals surface area contributed by atoms with Crippen LogP contribution in [-0.2, 0) is 45.9 Å². The lowest BCUT2D eigenvalue weighted by atomic mass is 10.0. The van der Waals surface area contributed by atoms with E-state index in [2.05, 4.69) is 4.52 Å². The summed E-state index contributed by atoms with van der Waals surface area (Å²) in [5.74, 6) is -7.08. The van der Waals surface area contributed by atoms with Crippen molar-refractivity contribution in [3.63, 3.8) is 0 Å². The number of hydrogen-bond acceptors (Lipinski definition) is 11. The maximum Gasteiger partial charge on any atom is 0.524 e. The lowest BCUT2D eigenvalue weighted by Crippen LogP contribution is -2.58. The summed E-state index contributed by atoms with van der Waals surface area (Å²) >= 11 is 0. The number of phosphoric acid groups is 1. The minimum Gasteiger partial charge on any atom is -0.479 e. The molecule has 0 fully saturated rings. The molecule has 40 heteroatoms. The lowest BCUT2D eigenvalue weighted by Gasteiger charge is -2.45. The summed E-state index contributed by atoms with van der Waals surface area (Å²) in [6.45, 7) is 0. The number of benzene rings is 1. The van der Waals surface area contributed by atoms with Gasteiger partial charge >= 0.3 is 74.9 Å². The van der Waals surface area contributed by atoms with E-state index in [0.29, 0.717) is 0 Å². The highest BCUT2D eigenvalue weighted by Gasteiger charge is 2.77. The molecule has 0 bridgehead atoms. The first kappa shape index (κ1) is 46.8. The second kappa shape index (κ2) is 13.6. The number of hydrogen-bond donors (Lipinski definition) is 19. The Labute approximate surface area is 266 Å². The molecule has 0 aliphatic carbocycles. The van der Waals surface area contributed by atoms with Crippen molar-refractivity contribution in [2.24, 2.45) is 0 Å². The summed E-state index contributed by atoms with van der Waals surface area (Å²) in [5, 5.41) is -9.58. The zero-order chi connectivity index (χ0) is 39.9. The van der Waals surface area contributed by atoms with Crippen LogP contribution in [0.5, 0.6) is 5.75 Å². The van der Waals surface area contributed by atoms with Crippen molar-refractivity contribution in [3.05, 3.63) is 5.56 Å². The van der Waals surface area contributed by atoms with Crippen LogP contribution < -0.4 is 25.7 Å². The van der Waals surface area contributed by atoms with Gasteiger partial charge in [0.25, 0.3) is 5.28 Å². The Morgan fingerprint density at radius 1 is 0.531 bits per heavy atom. The zero-order valence-corrected chi connectivity index (χ0v) is 30.1. The zero-order valence-electron chi connectivity index (χ0n) is 22.0. The first-order chi connectivity index (χ1) is 20.9. The number of phosphoric ester groups is 1. The average molecular weight is 901 g/mol. The Hall–Kier alpha value is -0.200. The van der Waals surface area contributed by atoms with Crippen LogP contribution in [0.3, 0.4) is 0 Å². The number of carboxylic acid groups (broad SMARTS) is 1. The van der Waals surface area contributed by atoms with Gasteiger partial charge in [-0.15, -0.1) is 0 Å². The molecule has 2 atom stereocenters. The molecule has 0 saturated carbocycles. The highest BCUT2D eigenvalue weighted by Crippen LogP contribution is 2.78. The van der Waals surface area contributed by atoms with Crippen molar-refractivity contribution in [2.45, 2.75) is 10.9 Å². The quantitative estimate of drug-likeness (QED) is 0.0773. The normalized spacial score (nSPS) is 16.7. The molecule has 2 unspecified atom stereocenters. The van der Waals surface area contributed by atoms with Crippen LogP contribution in [-0.4, -0.2) is 109 Å². The molecule has 0 saturated heterocycles. The average Bonchev–Trinajstić information content (AvgIpc) is 2.70. The van der Waals surface area contributed by atoms with Gasteiger partial charge in [0.15, 0.2) is 5.75 Å². The van der Waals surface area contributed by atoms with Gasteiger partial charge in [-0.05, 0) is 0 Å². The molecule has 0 aliphatic heterocycles. The van der Waals surface area contributed by atoms with E-state index in [4.69, 9.17) is 0 Å². The minimum absolute atomic E-state index is 2.57. The summed E-state index contributed by atoms with van der Waals surface area (Å²) in [4.78, 5) is 190. The maximum absolute atomic E-state index is 13.0. The molecule has 31 nitrogen and oxygen atoms in total. The van der Waals surface area contributed by atoms with Crippen LogP contribution in [0.4, 0.5) is 0 Å². The van der Waals surface area contributed by atoms with Crippen LogP contribution in [0.25, 0.3) is 0 Å². The number of carboxylic acids is 1.